The monoisotopic (exact) mass is 236 g/mol. The molecule has 0 fully saturated rings. The van der Waals surface area contributed by atoms with Crippen LogP contribution in [0.3, 0.4) is 0 Å². The molecule has 0 aliphatic rings. The molecule has 0 bridgehead atoms. The molecule has 2 rings (SSSR count). The molecule has 2 aromatic rings. The molecular weight excluding hydrogens is 228 g/mol. The van der Waals surface area contributed by atoms with Gasteiger partial charge in [0, 0.05) is 0 Å². The van der Waals surface area contributed by atoms with Gasteiger partial charge < -0.3 is 5.11 Å². The Bertz CT molecular complexity index is 549. The summed E-state index contributed by atoms with van der Waals surface area (Å²) in [6.07, 6.45) is 1.24. The molecular formula is C11H9ClN2O2. The van der Waals surface area contributed by atoms with Crippen LogP contribution < -0.4 is 0 Å². The Morgan fingerprint density at radius 1 is 1.50 bits per heavy atom. The summed E-state index contributed by atoms with van der Waals surface area (Å²) in [5.74, 6) is -1.08. The Hall–Kier alpha value is -1.81. The van der Waals surface area contributed by atoms with E-state index in [0.29, 0.717) is 0 Å². The second kappa shape index (κ2) is 3.98. The minimum Gasteiger partial charge on any atom is -0.478 e. The SMILES string of the molecule is Cc1cccc(-n2ncc(C(=O)O)c2Cl)c1. The Balaban J connectivity index is 2.53. The normalized spacial score (nSPS) is 10.4. The van der Waals surface area contributed by atoms with Crippen molar-refractivity contribution in [2.24, 2.45) is 0 Å². The van der Waals surface area contributed by atoms with Gasteiger partial charge in [-0.05, 0) is 24.6 Å². The number of aromatic nitrogens is 2. The van der Waals surface area contributed by atoms with Crippen LogP contribution in [-0.4, -0.2) is 20.9 Å². The molecule has 0 radical (unpaired) electrons. The van der Waals surface area contributed by atoms with Gasteiger partial charge in [0.2, 0.25) is 0 Å². The van der Waals surface area contributed by atoms with Gasteiger partial charge in [-0.3, -0.25) is 0 Å². The first-order valence-corrected chi connectivity index (χ1v) is 5.01. The zero-order valence-electron chi connectivity index (χ0n) is 8.51. The maximum Gasteiger partial charge on any atom is 0.340 e. The van der Waals surface area contributed by atoms with Crippen molar-refractivity contribution in [2.45, 2.75) is 6.92 Å². The maximum atomic E-state index is 10.8. The quantitative estimate of drug-likeness (QED) is 0.872. The maximum absolute atomic E-state index is 10.8. The van der Waals surface area contributed by atoms with Crippen molar-refractivity contribution in [3.8, 4) is 5.69 Å². The van der Waals surface area contributed by atoms with Crippen LogP contribution in [0.15, 0.2) is 30.5 Å². The van der Waals surface area contributed by atoms with E-state index in [0.717, 1.165) is 11.3 Å². The predicted octanol–water partition coefficient (Wildman–Crippen LogP) is 2.53. The minimum atomic E-state index is -1.08. The van der Waals surface area contributed by atoms with Crippen LogP contribution in [0.2, 0.25) is 5.15 Å². The highest BCUT2D eigenvalue weighted by molar-refractivity contribution is 6.32. The number of nitrogens with zero attached hydrogens (tertiary/aromatic N) is 2. The van der Waals surface area contributed by atoms with Crippen LogP contribution in [0.25, 0.3) is 5.69 Å². The number of carbonyl (C=O) groups is 1. The molecule has 5 heteroatoms. The van der Waals surface area contributed by atoms with E-state index >= 15 is 0 Å². The molecule has 0 saturated heterocycles. The summed E-state index contributed by atoms with van der Waals surface area (Å²) in [7, 11) is 0. The molecule has 16 heavy (non-hydrogen) atoms. The number of carboxylic acid groups (broad SMARTS) is 1. The average molecular weight is 237 g/mol. The van der Waals surface area contributed by atoms with Gasteiger partial charge in [0.25, 0.3) is 0 Å². The summed E-state index contributed by atoms with van der Waals surface area (Å²) in [5.41, 5.74) is 1.81. The van der Waals surface area contributed by atoms with Crippen molar-refractivity contribution in [1.29, 1.82) is 0 Å². The molecule has 0 saturated carbocycles. The highest BCUT2D eigenvalue weighted by Crippen LogP contribution is 2.20. The number of aryl methyl sites for hydroxylation is 1. The topological polar surface area (TPSA) is 55.1 Å². The van der Waals surface area contributed by atoms with E-state index in [1.54, 1.807) is 0 Å². The van der Waals surface area contributed by atoms with Crippen molar-refractivity contribution in [2.75, 3.05) is 0 Å². The third kappa shape index (κ3) is 1.79. The lowest BCUT2D eigenvalue weighted by atomic mass is 10.2. The molecule has 1 N–H and O–H groups in total. The van der Waals surface area contributed by atoms with E-state index < -0.39 is 5.97 Å². The minimum absolute atomic E-state index is 0.00294. The van der Waals surface area contributed by atoms with Gasteiger partial charge in [-0.2, -0.15) is 5.10 Å². The van der Waals surface area contributed by atoms with Crippen molar-refractivity contribution >= 4 is 17.6 Å². The van der Waals surface area contributed by atoms with Crippen LogP contribution in [0.5, 0.6) is 0 Å². The highest BCUT2D eigenvalue weighted by Gasteiger charge is 2.15. The Morgan fingerprint density at radius 2 is 2.25 bits per heavy atom. The first-order valence-electron chi connectivity index (χ1n) is 4.63. The Labute approximate surface area is 97.1 Å². The standard InChI is InChI=1S/C11H9ClN2O2/c1-7-3-2-4-8(5-7)14-10(12)9(6-13-14)11(15)16/h2-6H,1H3,(H,15,16). The Kier molecular flexibility index (Phi) is 2.66. The van der Waals surface area contributed by atoms with Crippen LogP contribution in [0.4, 0.5) is 0 Å². The number of carboxylic acids is 1. The van der Waals surface area contributed by atoms with E-state index in [4.69, 9.17) is 16.7 Å². The summed E-state index contributed by atoms with van der Waals surface area (Å²) in [6, 6.07) is 7.50. The van der Waals surface area contributed by atoms with E-state index in [2.05, 4.69) is 5.10 Å². The second-order valence-corrected chi connectivity index (χ2v) is 3.76. The van der Waals surface area contributed by atoms with Crippen LogP contribution in [-0.2, 0) is 0 Å². The molecule has 4 nitrogen and oxygen atoms in total. The Morgan fingerprint density at radius 3 is 2.81 bits per heavy atom. The predicted molar refractivity (Wildman–Crippen MR) is 60.3 cm³/mol. The fourth-order valence-electron chi connectivity index (χ4n) is 1.42. The number of benzene rings is 1. The lowest BCUT2D eigenvalue weighted by molar-refractivity contribution is 0.0697. The van der Waals surface area contributed by atoms with Crippen molar-refractivity contribution in [3.05, 3.63) is 46.7 Å². The fourth-order valence-corrected chi connectivity index (χ4v) is 1.69. The molecule has 0 unspecified atom stereocenters. The van der Waals surface area contributed by atoms with E-state index in [1.807, 2.05) is 31.2 Å². The van der Waals surface area contributed by atoms with Crippen molar-refractivity contribution in [3.63, 3.8) is 0 Å². The zero-order valence-corrected chi connectivity index (χ0v) is 9.27. The van der Waals surface area contributed by atoms with Crippen molar-refractivity contribution < 1.29 is 9.90 Å². The molecule has 0 aliphatic heterocycles. The van der Waals surface area contributed by atoms with Gasteiger partial charge >= 0.3 is 5.97 Å². The van der Waals surface area contributed by atoms with E-state index in [-0.39, 0.29) is 10.7 Å². The number of hydrogen-bond acceptors (Lipinski definition) is 2. The number of rotatable bonds is 2. The number of hydrogen-bond donors (Lipinski definition) is 1. The molecule has 0 spiro atoms. The molecule has 1 heterocycles. The zero-order chi connectivity index (χ0) is 11.7. The molecule has 0 atom stereocenters. The van der Waals surface area contributed by atoms with E-state index in [9.17, 15) is 4.79 Å². The summed E-state index contributed by atoms with van der Waals surface area (Å²) < 4.78 is 1.40. The smallest absolute Gasteiger partial charge is 0.340 e. The molecule has 0 amide bonds. The van der Waals surface area contributed by atoms with Gasteiger partial charge in [-0.25, -0.2) is 9.48 Å². The fraction of sp³-hybridized carbons (Fsp3) is 0.0909. The van der Waals surface area contributed by atoms with E-state index in [1.165, 1.54) is 10.9 Å². The summed E-state index contributed by atoms with van der Waals surface area (Å²) in [5, 5.41) is 12.9. The lowest BCUT2D eigenvalue weighted by Crippen LogP contribution is -1.99. The average Bonchev–Trinajstić information content (AvgIpc) is 2.60. The lowest BCUT2D eigenvalue weighted by Gasteiger charge is -2.03. The van der Waals surface area contributed by atoms with Crippen LogP contribution >= 0.6 is 11.6 Å². The summed E-state index contributed by atoms with van der Waals surface area (Å²) in [6.45, 7) is 1.94. The molecule has 82 valence electrons. The van der Waals surface area contributed by atoms with Gasteiger partial charge in [-0.15, -0.1) is 0 Å². The first-order chi connectivity index (χ1) is 7.59. The molecule has 0 aliphatic carbocycles. The number of aromatic carboxylic acids is 1. The number of halogens is 1. The van der Waals surface area contributed by atoms with Crippen LogP contribution in [0, 0.1) is 6.92 Å². The third-order valence-electron chi connectivity index (χ3n) is 2.19. The van der Waals surface area contributed by atoms with Crippen LogP contribution in [0.1, 0.15) is 15.9 Å². The first kappa shape index (κ1) is 10.7. The van der Waals surface area contributed by atoms with Gasteiger partial charge in [0.15, 0.2) is 0 Å². The summed E-state index contributed by atoms with van der Waals surface area (Å²) in [4.78, 5) is 10.8. The molecule has 1 aromatic heterocycles. The summed E-state index contributed by atoms with van der Waals surface area (Å²) >= 11 is 5.93. The molecule has 1 aromatic carbocycles. The van der Waals surface area contributed by atoms with Gasteiger partial charge in [0.05, 0.1) is 11.9 Å². The van der Waals surface area contributed by atoms with Gasteiger partial charge in [-0.1, -0.05) is 23.7 Å². The second-order valence-electron chi connectivity index (χ2n) is 3.41. The highest BCUT2D eigenvalue weighted by atomic mass is 35.5. The third-order valence-corrected chi connectivity index (χ3v) is 2.55. The largest absolute Gasteiger partial charge is 0.478 e. The van der Waals surface area contributed by atoms with Crippen molar-refractivity contribution in [1.82, 2.24) is 9.78 Å². The van der Waals surface area contributed by atoms with Gasteiger partial charge in [0.1, 0.15) is 10.7 Å².